The van der Waals surface area contributed by atoms with Crippen LogP contribution in [0.4, 0.5) is 0 Å². The molecule has 1 fully saturated rings. The summed E-state index contributed by atoms with van der Waals surface area (Å²) in [6.07, 6.45) is 1.76. The van der Waals surface area contributed by atoms with Crippen molar-refractivity contribution < 1.29 is 0 Å². The van der Waals surface area contributed by atoms with E-state index in [-0.39, 0.29) is 0 Å². The molecule has 3 nitrogen and oxygen atoms in total. The van der Waals surface area contributed by atoms with E-state index < -0.39 is 0 Å². The molecule has 3 heteroatoms. The van der Waals surface area contributed by atoms with Crippen LogP contribution in [0.1, 0.15) is 26.7 Å². The van der Waals surface area contributed by atoms with E-state index in [1.54, 1.807) is 0 Å². The van der Waals surface area contributed by atoms with Crippen LogP contribution in [0.25, 0.3) is 0 Å². The van der Waals surface area contributed by atoms with Gasteiger partial charge in [0.25, 0.3) is 0 Å². The lowest BCUT2D eigenvalue weighted by atomic mass is 10.1. The average Bonchev–Trinajstić information content (AvgIpc) is 2.19. The maximum absolute atomic E-state index is 8.73. The van der Waals surface area contributed by atoms with Gasteiger partial charge in [0.1, 0.15) is 0 Å². The lowest BCUT2D eigenvalue weighted by Crippen LogP contribution is -2.53. The molecular formula is C11H21N3. The van der Waals surface area contributed by atoms with E-state index in [0.29, 0.717) is 18.5 Å². The van der Waals surface area contributed by atoms with Crippen molar-refractivity contribution in [3.63, 3.8) is 0 Å². The molecule has 1 heterocycles. The quantitative estimate of drug-likeness (QED) is 0.680. The minimum atomic E-state index is 0.469. The second-order valence-electron chi connectivity index (χ2n) is 4.25. The van der Waals surface area contributed by atoms with Crippen LogP contribution in [0.2, 0.25) is 0 Å². The molecule has 0 N–H and O–H groups in total. The van der Waals surface area contributed by atoms with E-state index in [4.69, 9.17) is 5.26 Å². The first-order valence-electron chi connectivity index (χ1n) is 5.50. The minimum absolute atomic E-state index is 0.469. The molecule has 1 aliphatic rings. The summed E-state index contributed by atoms with van der Waals surface area (Å²) < 4.78 is 0. The Balaban J connectivity index is 2.48. The van der Waals surface area contributed by atoms with E-state index in [9.17, 15) is 0 Å². The molecule has 0 aromatic rings. The normalized spacial score (nSPS) is 27.1. The molecule has 0 bridgehead atoms. The number of nitrogens with zero attached hydrogens (tertiary/aromatic N) is 3. The highest BCUT2D eigenvalue weighted by molar-refractivity contribution is 4.86. The predicted octanol–water partition coefficient (Wildman–Crippen LogP) is 1.31. The van der Waals surface area contributed by atoms with E-state index in [1.165, 1.54) is 0 Å². The Kier molecular flexibility index (Phi) is 4.37. The zero-order chi connectivity index (χ0) is 10.6. The Morgan fingerprint density at radius 1 is 1.50 bits per heavy atom. The lowest BCUT2D eigenvalue weighted by molar-refractivity contribution is 0.0716. The Labute approximate surface area is 87.3 Å². The molecule has 80 valence electrons. The highest BCUT2D eigenvalue weighted by Crippen LogP contribution is 2.14. The standard InChI is InChI=1S/C11H21N3/c1-4-11(5-6-12)14-8-7-13(3)10(2)9-14/h10-11H,4-5,7-9H2,1-3H3. The van der Waals surface area contributed by atoms with Crippen molar-refractivity contribution in [3.05, 3.63) is 0 Å². The van der Waals surface area contributed by atoms with Gasteiger partial charge in [-0.1, -0.05) is 6.92 Å². The van der Waals surface area contributed by atoms with Crippen molar-refractivity contribution in [2.24, 2.45) is 0 Å². The van der Waals surface area contributed by atoms with Crippen LogP contribution < -0.4 is 0 Å². The Bertz CT molecular complexity index is 209. The first-order chi connectivity index (χ1) is 6.69. The van der Waals surface area contributed by atoms with E-state index in [2.05, 4.69) is 36.8 Å². The fourth-order valence-electron chi connectivity index (χ4n) is 2.05. The van der Waals surface area contributed by atoms with Gasteiger partial charge in [-0.25, -0.2) is 0 Å². The largest absolute Gasteiger partial charge is 0.301 e. The summed E-state index contributed by atoms with van der Waals surface area (Å²) in [5, 5.41) is 8.73. The van der Waals surface area contributed by atoms with Gasteiger partial charge in [-0.2, -0.15) is 5.26 Å². The molecule has 0 aromatic carbocycles. The van der Waals surface area contributed by atoms with E-state index in [1.807, 2.05) is 0 Å². The molecule has 2 atom stereocenters. The second-order valence-corrected chi connectivity index (χ2v) is 4.25. The van der Waals surface area contributed by atoms with Crippen molar-refractivity contribution >= 4 is 0 Å². The SMILES string of the molecule is CCC(CC#N)N1CCN(C)C(C)C1. The molecule has 2 unspecified atom stereocenters. The number of hydrogen-bond donors (Lipinski definition) is 0. The highest BCUT2D eigenvalue weighted by Gasteiger charge is 2.25. The molecule has 0 saturated carbocycles. The fraction of sp³-hybridized carbons (Fsp3) is 0.909. The van der Waals surface area contributed by atoms with Gasteiger partial charge in [0.2, 0.25) is 0 Å². The van der Waals surface area contributed by atoms with Crippen LogP contribution >= 0.6 is 0 Å². The smallest absolute Gasteiger partial charge is 0.0638 e. The maximum atomic E-state index is 8.73. The van der Waals surface area contributed by atoms with Gasteiger partial charge in [0.05, 0.1) is 12.5 Å². The molecule has 14 heavy (non-hydrogen) atoms. The lowest BCUT2D eigenvalue weighted by Gasteiger charge is -2.41. The number of nitriles is 1. The number of rotatable bonds is 3. The average molecular weight is 195 g/mol. The van der Waals surface area contributed by atoms with Crippen molar-refractivity contribution in [1.82, 2.24) is 9.80 Å². The van der Waals surface area contributed by atoms with Crippen molar-refractivity contribution in [2.45, 2.75) is 38.8 Å². The van der Waals surface area contributed by atoms with E-state index >= 15 is 0 Å². The van der Waals surface area contributed by atoms with Crippen molar-refractivity contribution in [1.29, 1.82) is 5.26 Å². The van der Waals surface area contributed by atoms with E-state index in [0.717, 1.165) is 26.1 Å². The summed E-state index contributed by atoms with van der Waals surface area (Å²) in [5.41, 5.74) is 0. The summed E-state index contributed by atoms with van der Waals surface area (Å²) in [4.78, 5) is 4.85. The second kappa shape index (κ2) is 5.33. The number of likely N-dealkylation sites (N-methyl/N-ethyl adjacent to an activating group) is 1. The Morgan fingerprint density at radius 3 is 2.71 bits per heavy atom. The van der Waals surface area contributed by atoms with Gasteiger partial charge < -0.3 is 4.90 Å². The van der Waals surface area contributed by atoms with Crippen molar-refractivity contribution in [3.8, 4) is 6.07 Å². The van der Waals surface area contributed by atoms with Crippen LogP contribution in [0, 0.1) is 11.3 Å². The molecule has 1 saturated heterocycles. The monoisotopic (exact) mass is 195 g/mol. The van der Waals surface area contributed by atoms with Crippen molar-refractivity contribution in [2.75, 3.05) is 26.7 Å². The summed E-state index contributed by atoms with van der Waals surface area (Å²) in [5.74, 6) is 0. The summed E-state index contributed by atoms with van der Waals surface area (Å²) in [6, 6.07) is 3.38. The third-order valence-electron chi connectivity index (χ3n) is 3.31. The van der Waals surface area contributed by atoms with Gasteiger partial charge in [-0.15, -0.1) is 0 Å². The highest BCUT2D eigenvalue weighted by atomic mass is 15.3. The summed E-state index contributed by atoms with van der Waals surface area (Å²) in [7, 11) is 2.17. The van der Waals surface area contributed by atoms with Crippen LogP contribution in [-0.2, 0) is 0 Å². The number of hydrogen-bond acceptors (Lipinski definition) is 3. The first-order valence-corrected chi connectivity index (χ1v) is 5.50. The van der Waals surface area contributed by atoms with Crippen LogP contribution in [-0.4, -0.2) is 48.6 Å². The molecule has 0 aromatic heterocycles. The molecule has 0 radical (unpaired) electrons. The minimum Gasteiger partial charge on any atom is -0.301 e. The van der Waals surface area contributed by atoms with Gasteiger partial charge in [0, 0.05) is 31.7 Å². The fourth-order valence-corrected chi connectivity index (χ4v) is 2.05. The Hall–Kier alpha value is -0.590. The zero-order valence-corrected chi connectivity index (χ0v) is 9.53. The molecule has 0 spiro atoms. The predicted molar refractivity (Wildman–Crippen MR) is 58.0 cm³/mol. The Morgan fingerprint density at radius 2 is 2.21 bits per heavy atom. The molecular weight excluding hydrogens is 174 g/mol. The van der Waals surface area contributed by atoms with Gasteiger partial charge in [-0.05, 0) is 20.4 Å². The van der Waals surface area contributed by atoms with Gasteiger partial charge in [0.15, 0.2) is 0 Å². The number of piperazine rings is 1. The van der Waals surface area contributed by atoms with Gasteiger partial charge in [-0.3, -0.25) is 4.90 Å². The topological polar surface area (TPSA) is 30.3 Å². The third kappa shape index (κ3) is 2.70. The zero-order valence-electron chi connectivity index (χ0n) is 9.53. The molecule has 0 aliphatic carbocycles. The molecule has 0 amide bonds. The van der Waals surface area contributed by atoms with Crippen LogP contribution in [0.3, 0.4) is 0 Å². The summed E-state index contributed by atoms with van der Waals surface area (Å²) >= 11 is 0. The van der Waals surface area contributed by atoms with Gasteiger partial charge >= 0.3 is 0 Å². The van der Waals surface area contributed by atoms with Crippen LogP contribution in [0.15, 0.2) is 0 Å². The van der Waals surface area contributed by atoms with Crippen LogP contribution in [0.5, 0.6) is 0 Å². The maximum Gasteiger partial charge on any atom is 0.0638 e. The summed E-state index contributed by atoms with van der Waals surface area (Å²) in [6.45, 7) is 7.77. The molecule has 1 aliphatic heterocycles. The third-order valence-corrected chi connectivity index (χ3v) is 3.31. The first kappa shape index (κ1) is 11.5. The molecule has 1 rings (SSSR count).